The van der Waals surface area contributed by atoms with Crippen LogP contribution in [-0.2, 0) is 11.3 Å². The third kappa shape index (κ3) is 5.65. The molecule has 0 aliphatic carbocycles. The Morgan fingerprint density at radius 1 is 1.26 bits per heavy atom. The summed E-state index contributed by atoms with van der Waals surface area (Å²) in [7, 11) is 3.23. The molecule has 1 heterocycles. The summed E-state index contributed by atoms with van der Waals surface area (Å²) in [5, 5.41) is 5.59. The molecule has 1 aromatic heterocycles. The fourth-order valence-electron chi connectivity index (χ4n) is 2.38. The van der Waals surface area contributed by atoms with Crippen molar-refractivity contribution in [3.63, 3.8) is 0 Å². The number of anilines is 2. The molecule has 2 aromatic rings. The summed E-state index contributed by atoms with van der Waals surface area (Å²) in [6.07, 6.45) is 3.14. The van der Waals surface area contributed by atoms with Gasteiger partial charge in [0.05, 0.1) is 13.2 Å². The third-order valence-corrected chi connectivity index (χ3v) is 3.90. The summed E-state index contributed by atoms with van der Waals surface area (Å²) in [6.45, 7) is 2.95. The van der Waals surface area contributed by atoms with E-state index in [1.54, 1.807) is 51.7 Å². The van der Waals surface area contributed by atoms with E-state index in [0.717, 1.165) is 5.56 Å². The van der Waals surface area contributed by atoms with Gasteiger partial charge in [0.15, 0.2) is 0 Å². The van der Waals surface area contributed by atoms with Gasteiger partial charge < -0.3 is 26.0 Å². The van der Waals surface area contributed by atoms with E-state index in [9.17, 15) is 9.59 Å². The zero-order valence-electron chi connectivity index (χ0n) is 15.7. The van der Waals surface area contributed by atoms with Crippen LogP contribution >= 0.6 is 0 Å². The molecule has 27 heavy (non-hydrogen) atoms. The smallest absolute Gasteiger partial charge is 0.321 e. The summed E-state index contributed by atoms with van der Waals surface area (Å²) < 4.78 is 4.92. The number of hydrogen-bond acceptors (Lipinski definition) is 6. The Bertz CT molecular complexity index is 794. The minimum absolute atomic E-state index is 0.182. The molecule has 0 aliphatic heterocycles. The highest BCUT2D eigenvalue weighted by Gasteiger charge is 2.15. The highest BCUT2D eigenvalue weighted by Crippen LogP contribution is 2.19. The van der Waals surface area contributed by atoms with Crippen molar-refractivity contribution in [2.75, 3.05) is 38.4 Å². The first kappa shape index (κ1) is 20.1. The van der Waals surface area contributed by atoms with Crippen LogP contribution in [0, 0.1) is 6.92 Å². The Kier molecular flexibility index (Phi) is 7.07. The maximum absolute atomic E-state index is 12.5. The fourth-order valence-corrected chi connectivity index (χ4v) is 2.38. The molecular formula is C18H24N6O3. The Labute approximate surface area is 157 Å². The number of nitrogen functional groups attached to an aromatic ring is 1. The van der Waals surface area contributed by atoms with Crippen LogP contribution in [0.1, 0.15) is 21.5 Å². The van der Waals surface area contributed by atoms with Gasteiger partial charge in [-0.05, 0) is 24.6 Å². The van der Waals surface area contributed by atoms with E-state index < -0.39 is 0 Å². The zero-order chi connectivity index (χ0) is 19.8. The standard InChI is InChI=1S/C18H24N6O3/c1-12-14(16(25)20-7-8-27-3)5-4-6-15(12)23-18(26)24(2)11-13-9-21-17(19)22-10-13/h4-6,9-10H,7-8,11H2,1-3H3,(H,20,25)(H,23,26)(H2,19,21,22). The number of nitrogens with one attached hydrogen (secondary N) is 2. The number of ether oxygens (including phenoxy) is 1. The number of nitrogens with two attached hydrogens (primary N) is 1. The fraction of sp³-hybridized carbons (Fsp3) is 0.333. The maximum Gasteiger partial charge on any atom is 0.321 e. The molecular weight excluding hydrogens is 348 g/mol. The van der Waals surface area contributed by atoms with Gasteiger partial charge in [0.2, 0.25) is 5.95 Å². The number of methoxy groups -OCH3 is 1. The van der Waals surface area contributed by atoms with Crippen molar-refractivity contribution < 1.29 is 14.3 Å². The van der Waals surface area contributed by atoms with Crippen molar-refractivity contribution in [3.05, 3.63) is 47.3 Å². The molecule has 0 unspecified atom stereocenters. The summed E-state index contributed by atoms with van der Waals surface area (Å²) >= 11 is 0. The predicted molar refractivity (Wildman–Crippen MR) is 102 cm³/mol. The zero-order valence-corrected chi connectivity index (χ0v) is 15.7. The van der Waals surface area contributed by atoms with Crippen LogP contribution in [0.25, 0.3) is 0 Å². The number of aromatic nitrogens is 2. The van der Waals surface area contributed by atoms with Gasteiger partial charge in [-0.15, -0.1) is 0 Å². The van der Waals surface area contributed by atoms with E-state index in [1.807, 2.05) is 0 Å². The van der Waals surface area contributed by atoms with Crippen molar-refractivity contribution >= 4 is 23.6 Å². The normalized spacial score (nSPS) is 10.3. The SMILES string of the molecule is COCCNC(=O)c1cccc(NC(=O)N(C)Cc2cnc(N)nc2)c1C. The van der Waals surface area contributed by atoms with Crippen molar-refractivity contribution in [1.29, 1.82) is 0 Å². The van der Waals surface area contributed by atoms with E-state index in [-0.39, 0.29) is 17.9 Å². The van der Waals surface area contributed by atoms with Crippen molar-refractivity contribution in [2.24, 2.45) is 0 Å². The molecule has 0 atom stereocenters. The van der Waals surface area contributed by atoms with E-state index in [2.05, 4.69) is 20.6 Å². The molecule has 144 valence electrons. The molecule has 4 N–H and O–H groups in total. The lowest BCUT2D eigenvalue weighted by Gasteiger charge is -2.19. The lowest BCUT2D eigenvalue weighted by molar-refractivity contribution is 0.0936. The molecule has 2 rings (SSSR count). The quantitative estimate of drug-likeness (QED) is 0.632. The van der Waals surface area contributed by atoms with Gasteiger partial charge in [0.1, 0.15) is 0 Å². The lowest BCUT2D eigenvalue weighted by atomic mass is 10.1. The predicted octanol–water partition coefficient (Wildman–Crippen LogP) is 1.41. The van der Waals surface area contributed by atoms with Gasteiger partial charge in [-0.1, -0.05) is 6.07 Å². The van der Waals surface area contributed by atoms with E-state index in [4.69, 9.17) is 10.5 Å². The van der Waals surface area contributed by atoms with Gasteiger partial charge in [-0.25, -0.2) is 14.8 Å². The average molecular weight is 372 g/mol. The van der Waals surface area contributed by atoms with Crippen LogP contribution in [0.15, 0.2) is 30.6 Å². The first-order valence-corrected chi connectivity index (χ1v) is 8.37. The minimum Gasteiger partial charge on any atom is -0.383 e. The summed E-state index contributed by atoms with van der Waals surface area (Å²) in [5.74, 6) is -0.0323. The van der Waals surface area contributed by atoms with Gasteiger partial charge in [-0.2, -0.15) is 0 Å². The molecule has 9 nitrogen and oxygen atoms in total. The molecule has 0 saturated heterocycles. The lowest BCUT2D eigenvalue weighted by Crippen LogP contribution is -2.32. The Hall–Kier alpha value is -3.20. The minimum atomic E-state index is -0.313. The first-order valence-electron chi connectivity index (χ1n) is 8.37. The van der Waals surface area contributed by atoms with Crippen LogP contribution in [0.2, 0.25) is 0 Å². The first-order chi connectivity index (χ1) is 12.9. The molecule has 0 bridgehead atoms. The summed E-state index contributed by atoms with van der Waals surface area (Å²) in [5.41, 5.74) is 7.97. The van der Waals surface area contributed by atoms with Crippen LogP contribution in [0.3, 0.4) is 0 Å². The summed E-state index contributed by atoms with van der Waals surface area (Å²) in [6, 6.07) is 4.87. The molecule has 0 fully saturated rings. The Morgan fingerprint density at radius 2 is 1.96 bits per heavy atom. The number of amides is 3. The molecule has 0 aliphatic rings. The number of rotatable bonds is 7. The van der Waals surface area contributed by atoms with Gasteiger partial charge in [-0.3, -0.25) is 4.79 Å². The largest absolute Gasteiger partial charge is 0.383 e. The number of carbonyl (C=O) groups excluding carboxylic acids is 2. The second kappa shape index (κ2) is 9.48. The number of hydrogen-bond donors (Lipinski definition) is 3. The molecule has 0 spiro atoms. The second-order valence-corrected chi connectivity index (χ2v) is 5.96. The Morgan fingerprint density at radius 3 is 2.63 bits per heavy atom. The van der Waals surface area contributed by atoms with Crippen LogP contribution in [-0.4, -0.2) is 54.1 Å². The van der Waals surface area contributed by atoms with Crippen molar-refractivity contribution in [1.82, 2.24) is 20.2 Å². The molecule has 0 radical (unpaired) electrons. The third-order valence-electron chi connectivity index (χ3n) is 3.90. The number of urea groups is 1. The van der Waals surface area contributed by atoms with Gasteiger partial charge in [0, 0.05) is 49.9 Å². The molecule has 0 saturated carbocycles. The van der Waals surface area contributed by atoms with Gasteiger partial charge >= 0.3 is 6.03 Å². The second-order valence-electron chi connectivity index (χ2n) is 5.96. The number of carbonyl (C=O) groups is 2. The van der Waals surface area contributed by atoms with Crippen LogP contribution in [0.5, 0.6) is 0 Å². The van der Waals surface area contributed by atoms with Crippen LogP contribution < -0.4 is 16.4 Å². The van der Waals surface area contributed by atoms with Crippen LogP contribution in [0.4, 0.5) is 16.4 Å². The Balaban J connectivity index is 2.03. The highest BCUT2D eigenvalue weighted by molar-refractivity contribution is 5.99. The van der Waals surface area contributed by atoms with Crippen molar-refractivity contribution in [3.8, 4) is 0 Å². The van der Waals surface area contributed by atoms with Crippen molar-refractivity contribution in [2.45, 2.75) is 13.5 Å². The monoisotopic (exact) mass is 372 g/mol. The molecule has 1 aromatic carbocycles. The maximum atomic E-state index is 12.5. The number of benzene rings is 1. The number of nitrogens with zero attached hydrogens (tertiary/aromatic N) is 3. The van der Waals surface area contributed by atoms with Gasteiger partial charge in [0.25, 0.3) is 5.91 Å². The van der Waals surface area contributed by atoms with E-state index in [0.29, 0.717) is 36.5 Å². The molecule has 3 amide bonds. The highest BCUT2D eigenvalue weighted by atomic mass is 16.5. The average Bonchev–Trinajstić information content (AvgIpc) is 2.65. The van der Waals surface area contributed by atoms with E-state index in [1.165, 1.54) is 4.90 Å². The van der Waals surface area contributed by atoms with E-state index >= 15 is 0 Å². The molecule has 9 heteroatoms. The topological polar surface area (TPSA) is 122 Å². The summed E-state index contributed by atoms with van der Waals surface area (Å²) in [4.78, 5) is 34.0.